The topological polar surface area (TPSA) is 44.8 Å². The molecule has 5 nitrogen and oxygen atoms in total. The van der Waals surface area contributed by atoms with E-state index in [0.29, 0.717) is 13.0 Å². The summed E-state index contributed by atoms with van der Waals surface area (Å²) in [6.45, 7) is 9.40. The lowest BCUT2D eigenvalue weighted by atomic mass is 9.92. The van der Waals surface area contributed by atoms with Crippen molar-refractivity contribution in [1.29, 1.82) is 0 Å². The van der Waals surface area contributed by atoms with E-state index in [0.717, 1.165) is 57.1 Å². The van der Waals surface area contributed by atoms with Gasteiger partial charge in [-0.05, 0) is 29.5 Å². The fourth-order valence-electron chi connectivity index (χ4n) is 4.24. The third-order valence-corrected chi connectivity index (χ3v) is 5.92. The maximum Gasteiger partial charge on any atom is 0.224 e. The van der Waals surface area contributed by atoms with Crippen LogP contribution in [0.2, 0.25) is 0 Å². The third-order valence-electron chi connectivity index (χ3n) is 5.92. The molecule has 2 aromatic rings. The third kappa shape index (κ3) is 5.37. The highest BCUT2D eigenvalue weighted by atomic mass is 16.5. The summed E-state index contributed by atoms with van der Waals surface area (Å²) in [6.07, 6.45) is 1.57. The van der Waals surface area contributed by atoms with Crippen LogP contribution in [-0.2, 0) is 11.3 Å². The number of hydrogen-bond donors (Lipinski definition) is 1. The van der Waals surface area contributed by atoms with E-state index in [-0.39, 0.29) is 11.8 Å². The smallest absolute Gasteiger partial charge is 0.224 e. The van der Waals surface area contributed by atoms with Crippen molar-refractivity contribution >= 4 is 11.6 Å². The zero-order valence-corrected chi connectivity index (χ0v) is 17.3. The Morgan fingerprint density at radius 1 is 1.03 bits per heavy atom. The zero-order chi connectivity index (χ0) is 20.1. The van der Waals surface area contributed by atoms with Crippen molar-refractivity contribution in [3.05, 3.63) is 59.7 Å². The van der Waals surface area contributed by atoms with Crippen LogP contribution in [0.1, 0.15) is 36.8 Å². The highest BCUT2D eigenvalue weighted by molar-refractivity contribution is 5.94. The molecule has 1 N–H and O–H groups in total. The van der Waals surface area contributed by atoms with Gasteiger partial charge < -0.3 is 15.0 Å². The summed E-state index contributed by atoms with van der Waals surface area (Å²) < 4.78 is 5.95. The molecule has 4 rings (SSSR count). The van der Waals surface area contributed by atoms with Crippen molar-refractivity contribution in [2.45, 2.75) is 32.2 Å². The van der Waals surface area contributed by atoms with Crippen LogP contribution >= 0.6 is 0 Å². The molecule has 1 fully saturated rings. The lowest BCUT2D eigenvalue weighted by Gasteiger charge is -2.34. The van der Waals surface area contributed by atoms with E-state index in [2.05, 4.69) is 58.4 Å². The van der Waals surface area contributed by atoms with Gasteiger partial charge in [-0.2, -0.15) is 0 Å². The van der Waals surface area contributed by atoms with Crippen molar-refractivity contribution in [2.75, 3.05) is 44.6 Å². The van der Waals surface area contributed by atoms with Crippen LogP contribution in [0.15, 0.2) is 48.5 Å². The fraction of sp³-hybridized carbons (Fsp3) is 0.458. The van der Waals surface area contributed by atoms with Gasteiger partial charge in [-0.3, -0.25) is 9.69 Å². The number of fused-ring (bicyclic) bond motifs is 1. The summed E-state index contributed by atoms with van der Waals surface area (Å²) in [6, 6.07) is 16.8. The molecule has 1 atom stereocenters. The van der Waals surface area contributed by atoms with Crippen LogP contribution in [0.4, 0.5) is 5.69 Å². The van der Waals surface area contributed by atoms with E-state index in [9.17, 15) is 4.79 Å². The Bertz CT molecular complexity index is 816. The van der Waals surface area contributed by atoms with Gasteiger partial charge in [0.2, 0.25) is 5.91 Å². The number of ether oxygens (including phenoxy) is 1. The molecule has 1 saturated heterocycles. The largest absolute Gasteiger partial charge is 0.493 e. The molecule has 2 aliphatic heterocycles. The monoisotopic (exact) mass is 393 g/mol. The van der Waals surface area contributed by atoms with Crippen LogP contribution in [-0.4, -0.2) is 55.0 Å². The normalized spacial score (nSPS) is 20.2. The molecular weight excluding hydrogens is 362 g/mol. The Morgan fingerprint density at radius 2 is 1.79 bits per heavy atom. The molecule has 0 aliphatic carbocycles. The molecule has 5 heteroatoms. The van der Waals surface area contributed by atoms with Gasteiger partial charge >= 0.3 is 0 Å². The second-order valence-electron chi connectivity index (χ2n) is 8.21. The van der Waals surface area contributed by atoms with Gasteiger partial charge in [0.1, 0.15) is 5.75 Å². The van der Waals surface area contributed by atoms with Crippen LogP contribution in [0, 0.1) is 0 Å². The van der Waals surface area contributed by atoms with Crippen LogP contribution in [0.25, 0.3) is 0 Å². The van der Waals surface area contributed by atoms with Gasteiger partial charge in [-0.1, -0.05) is 43.3 Å². The second-order valence-corrected chi connectivity index (χ2v) is 8.21. The highest BCUT2D eigenvalue weighted by Crippen LogP contribution is 2.34. The minimum absolute atomic E-state index is 0.0913. The average Bonchev–Trinajstić information content (AvgIpc) is 2.73. The molecule has 1 amide bonds. The summed E-state index contributed by atoms with van der Waals surface area (Å²) in [5.41, 5.74) is 3.50. The van der Waals surface area contributed by atoms with Gasteiger partial charge in [-0.25, -0.2) is 0 Å². The molecule has 0 saturated carbocycles. The summed E-state index contributed by atoms with van der Waals surface area (Å²) in [7, 11) is 0. The van der Waals surface area contributed by atoms with Gasteiger partial charge in [0, 0.05) is 57.4 Å². The molecular formula is C24H31N3O2. The molecule has 0 radical (unpaired) electrons. The quantitative estimate of drug-likeness (QED) is 0.729. The Morgan fingerprint density at radius 3 is 2.59 bits per heavy atom. The van der Waals surface area contributed by atoms with E-state index in [1.165, 1.54) is 11.1 Å². The van der Waals surface area contributed by atoms with Crippen molar-refractivity contribution in [3.8, 4) is 5.75 Å². The number of piperazine rings is 1. The Hall–Kier alpha value is -2.37. The minimum atomic E-state index is 0.0913. The van der Waals surface area contributed by atoms with Crippen LogP contribution in [0.5, 0.6) is 5.75 Å². The highest BCUT2D eigenvalue weighted by Gasteiger charge is 2.22. The number of nitrogens with zero attached hydrogens (tertiary/aromatic N) is 2. The Balaban J connectivity index is 1.16. The molecule has 2 aliphatic rings. The number of carbonyl (C=O) groups excluding carboxylic acids is 1. The van der Waals surface area contributed by atoms with E-state index in [1.54, 1.807) is 0 Å². The summed E-state index contributed by atoms with van der Waals surface area (Å²) in [4.78, 5) is 16.8. The standard InChI is InChI=1S/C24H31N3O2/c1-19-16-24(28)25-23-17-21(8-9-22(19)23)29-15-5-10-26-11-13-27(14-12-26)18-20-6-3-2-4-7-20/h2-4,6-9,17,19H,5,10-16,18H2,1H3,(H,25,28). The average molecular weight is 394 g/mol. The predicted octanol–water partition coefficient (Wildman–Crippen LogP) is 3.72. The lowest BCUT2D eigenvalue weighted by Crippen LogP contribution is -2.46. The Kier molecular flexibility index (Phi) is 6.47. The first-order valence-electron chi connectivity index (χ1n) is 10.7. The number of rotatable bonds is 7. The predicted molar refractivity (Wildman–Crippen MR) is 116 cm³/mol. The SMILES string of the molecule is CC1CC(=O)Nc2cc(OCCCN3CCN(Cc4ccccc4)CC3)ccc21. The summed E-state index contributed by atoms with van der Waals surface area (Å²) in [5, 5.41) is 2.96. The van der Waals surface area contributed by atoms with Gasteiger partial charge in [-0.15, -0.1) is 0 Å². The molecule has 154 valence electrons. The molecule has 0 aromatic heterocycles. The first kappa shape index (κ1) is 19.9. The summed E-state index contributed by atoms with van der Waals surface area (Å²) in [5.74, 6) is 1.20. The first-order valence-corrected chi connectivity index (χ1v) is 10.7. The van der Waals surface area contributed by atoms with Crippen molar-refractivity contribution < 1.29 is 9.53 Å². The molecule has 29 heavy (non-hydrogen) atoms. The van der Waals surface area contributed by atoms with Crippen molar-refractivity contribution in [1.82, 2.24) is 9.80 Å². The van der Waals surface area contributed by atoms with Gasteiger partial charge in [0.05, 0.1) is 6.61 Å². The van der Waals surface area contributed by atoms with Crippen LogP contribution in [0.3, 0.4) is 0 Å². The van der Waals surface area contributed by atoms with E-state index in [1.807, 2.05) is 12.1 Å². The fourth-order valence-corrected chi connectivity index (χ4v) is 4.24. The maximum absolute atomic E-state index is 11.7. The van der Waals surface area contributed by atoms with E-state index < -0.39 is 0 Å². The molecule has 0 spiro atoms. The van der Waals surface area contributed by atoms with Crippen molar-refractivity contribution in [2.24, 2.45) is 0 Å². The molecule has 2 heterocycles. The number of hydrogen-bond acceptors (Lipinski definition) is 4. The number of nitrogens with one attached hydrogen (secondary N) is 1. The number of anilines is 1. The summed E-state index contributed by atoms with van der Waals surface area (Å²) >= 11 is 0. The molecule has 0 bridgehead atoms. The maximum atomic E-state index is 11.7. The van der Waals surface area contributed by atoms with Gasteiger partial charge in [0.15, 0.2) is 0 Å². The van der Waals surface area contributed by atoms with E-state index in [4.69, 9.17) is 4.74 Å². The second kappa shape index (κ2) is 9.42. The number of amides is 1. The minimum Gasteiger partial charge on any atom is -0.493 e. The van der Waals surface area contributed by atoms with E-state index >= 15 is 0 Å². The lowest BCUT2D eigenvalue weighted by molar-refractivity contribution is -0.116. The molecule has 2 aromatic carbocycles. The number of benzene rings is 2. The zero-order valence-electron chi connectivity index (χ0n) is 17.3. The first-order chi connectivity index (χ1) is 14.2. The van der Waals surface area contributed by atoms with Crippen LogP contribution < -0.4 is 10.1 Å². The Labute approximate surface area is 173 Å². The van der Waals surface area contributed by atoms with Gasteiger partial charge in [0.25, 0.3) is 0 Å². The number of carbonyl (C=O) groups is 1. The van der Waals surface area contributed by atoms with Crippen molar-refractivity contribution in [3.63, 3.8) is 0 Å². The molecule has 1 unspecified atom stereocenters.